The molecule has 2 nitrogen and oxygen atoms in total. The van der Waals surface area contributed by atoms with E-state index in [9.17, 15) is 13.6 Å². The first kappa shape index (κ1) is 19.1. The summed E-state index contributed by atoms with van der Waals surface area (Å²) >= 11 is 2.04. The van der Waals surface area contributed by atoms with E-state index in [1.54, 1.807) is 6.92 Å². The number of ether oxygens (including phenoxy) is 1. The fraction of sp³-hybridized carbons (Fsp3) is 0.929. The fourth-order valence-electron chi connectivity index (χ4n) is 1.96. The summed E-state index contributed by atoms with van der Waals surface area (Å²) in [5.41, 5.74) is 0. The van der Waals surface area contributed by atoms with Crippen molar-refractivity contribution in [3.8, 4) is 0 Å². The van der Waals surface area contributed by atoms with Crippen molar-refractivity contribution in [2.45, 2.75) is 75.1 Å². The smallest absolute Gasteiger partial charge is 0.377 e. The van der Waals surface area contributed by atoms with Gasteiger partial charge in [-0.25, -0.2) is 4.79 Å². The van der Waals surface area contributed by atoms with E-state index in [1.807, 2.05) is 22.6 Å². The Balaban J connectivity index is 4.15. The second kappa shape index (κ2) is 9.08. The number of rotatable bonds is 10. The summed E-state index contributed by atoms with van der Waals surface area (Å²) < 4.78 is 31.1. The van der Waals surface area contributed by atoms with Crippen molar-refractivity contribution in [3.63, 3.8) is 0 Å². The van der Waals surface area contributed by atoms with Crippen LogP contribution in [0.2, 0.25) is 0 Å². The molecule has 0 radical (unpaired) electrons. The zero-order valence-corrected chi connectivity index (χ0v) is 14.3. The minimum atomic E-state index is -3.38. The predicted octanol–water partition coefficient (Wildman–Crippen LogP) is 5.13. The van der Waals surface area contributed by atoms with Gasteiger partial charge in [0.05, 0.1) is 6.61 Å². The van der Waals surface area contributed by atoms with Gasteiger partial charge in [0.1, 0.15) is 0 Å². The Labute approximate surface area is 128 Å². The van der Waals surface area contributed by atoms with E-state index in [0.29, 0.717) is 6.42 Å². The molecule has 0 saturated carbocycles. The van der Waals surface area contributed by atoms with Crippen LogP contribution in [0.4, 0.5) is 8.78 Å². The van der Waals surface area contributed by atoms with Crippen molar-refractivity contribution < 1.29 is 18.3 Å². The van der Waals surface area contributed by atoms with E-state index >= 15 is 0 Å². The van der Waals surface area contributed by atoms with Crippen molar-refractivity contribution in [1.82, 2.24) is 0 Å². The van der Waals surface area contributed by atoms with Gasteiger partial charge in [-0.15, -0.1) is 0 Å². The number of unbranched alkanes of at least 4 members (excludes halogenated alkanes) is 4. The largest absolute Gasteiger partial charge is 0.462 e. The van der Waals surface area contributed by atoms with Gasteiger partial charge in [0.15, 0.2) is 0 Å². The third-order valence-electron chi connectivity index (χ3n) is 2.97. The highest BCUT2D eigenvalue weighted by molar-refractivity contribution is 14.1. The molecule has 0 aliphatic rings. The van der Waals surface area contributed by atoms with Crippen LogP contribution in [-0.4, -0.2) is 21.9 Å². The second-order valence-electron chi connectivity index (χ2n) is 5.18. The highest BCUT2D eigenvalue weighted by atomic mass is 127. The molecule has 0 aromatic carbocycles. The van der Waals surface area contributed by atoms with Crippen LogP contribution in [0.1, 0.15) is 65.7 Å². The third kappa shape index (κ3) is 8.76. The van der Waals surface area contributed by atoms with Crippen molar-refractivity contribution in [1.29, 1.82) is 0 Å². The SMILES string of the molecule is CCCCCCCC(C)(I)CC(F)(F)C(=O)OCC. The minimum absolute atomic E-state index is 0.0105. The van der Waals surface area contributed by atoms with E-state index in [4.69, 9.17) is 0 Å². The van der Waals surface area contributed by atoms with Crippen LogP contribution in [0.3, 0.4) is 0 Å². The van der Waals surface area contributed by atoms with Crippen LogP contribution in [0, 0.1) is 0 Å². The van der Waals surface area contributed by atoms with Crippen LogP contribution in [0.5, 0.6) is 0 Å². The third-order valence-corrected chi connectivity index (χ3v) is 3.89. The van der Waals surface area contributed by atoms with Crippen molar-refractivity contribution in [2.24, 2.45) is 0 Å². The van der Waals surface area contributed by atoms with Crippen LogP contribution in [0.15, 0.2) is 0 Å². The van der Waals surface area contributed by atoms with Gasteiger partial charge >= 0.3 is 11.9 Å². The first-order valence-electron chi connectivity index (χ1n) is 6.99. The Hall–Kier alpha value is 0.0600. The molecular weight excluding hydrogens is 365 g/mol. The van der Waals surface area contributed by atoms with Gasteiger partial charge in [0, 0.05) is 9.84 Å². The van der Waals surface area contributed by atoms with Crippen molar-refractivity contribution in [2.75, 3.05) is 6.61 Å². The maximum Gasteiger partial charge on any atom is 0.377 e. The van der Waals surface area contributed by atoms with Gasteiger partial charge in [-0.1, -0.05) is 68.5 Å². The van der Waals surface area contributed by atoms with Crippen molar-refractivity contribution in [3.05, 3.63) is 0 Å². The first-order chi connectivity index (χ1) is 8.75. The highest BCUT2D eigenvalue weighted by Gasteiger charge is 2.45. The molecule has 114 valence electrons. The predicted molar refractivity (Wildman–Crippen MR) is 82.0 cm³/mol. The molecule has 0 aliphatic heterocycles. The lowest BCUT2D eigenvalue weighted by atomic mass is 9.96. The maximum absolute atomic E-state index is 13.7. The molecule has 0 aromatic heterocycles. The summed E-state index contributed by atoms with van der Waals surface area (Å²) in [4.78, 5) is 11.2. The average molecular weight is 390 g/mol. The zero-order valence-electron chi connectivity index (χ0n) is 12.1. The van der Waals surface area contributed by atoms with Crippen molar-refractivity contribution >= 4 is 28.6 Å². The summed E-state index contributed by atoms with van der Waals surface area (Å²) in [5.74, 6) is -4.78. The molecule has 1 unspecified atom stereocenters. The summed E-state index contributed by atoms with van der Waals surface area (Å²) in [6, 6.07) is 0. The number of halogens is 3. The number of carbonyl (C=O) groups is 1. The molecule has 0 amide bonds. The average Bonchev–Trinajstić information content (AvgIpc) is 2.27. The van der Waals surface area contributed by atoms with Gasteiger partial charge in [0.25, 0.3) is 0 Å². The maximum atomic E-state index is 13.7. The van der Waals surface area contributed by atoms with Crippen LogP contribution >= 0.6 is 22.6 Å². The second-order valence-corrected chi connectivity index (χ2v) is 7.78. The van der Waals surface area contributed by atoms with E-state index in [2.05, 4.69) is 11.7 Å². The van der Waals surface area contributed by atoms with E-state index in [-0.39, 0.29) is 6.61 Å². The molecule has 0 bridgehead atoms. The molecule has 0 spiro atoms. The number of hydrogen-bond acceptors (Lipinski definition) is 2. The Morgan fingerprint density at radius 2 is 1.74 bits per heavy atom. The van der Waals surface area contributed by atoms with Crippen LogP contribution in [0.25, 0.3) is 0 Å². The number of carbonyl (C=O) groups excluding carboxylic acids is 1. The molecular formula is C14H25F2IO2. The fourth-order valence-corrected chi connectivity index (χ4v) is 2.82. The summed E-state index contributed by atoms with van der Waals surface area (Å²) in [6.45, 7) is 5.44. The van der Waals surface area contributed by atoms with Gasteiger partial charge < -0.3 is 4.74 Å². The van der Waals surface area contributed by atoms with Gasteiger partial charge in [-0.3, -0.25) is 0 Å². The first-order valence-corrected chi connectivity index (χ1v) is 8.07. The quantitative estimate of drug-likeness (QED) is 0.224. The molecule has 5 heteroatoms. The molecule has 0 N–H and O–H groups in total. The summed E-state index contributed by atoms with van der Waals surface area (Å²) in [5, 5.41) is 0. The standard InChI is InChI=1S/C14H25F2IO2/c1-4-6-7-8-9-10-13(3,17)11-14(15,16)12(18)19-5-2/h4-11H2,1-3H3. The summed E-state index contributed by atoms with van der Waals surface area (Å²) in [7, 11) is 0. The molecule has 0 rings (SSSR count). The van der Waals surface area contributed by atoms with Gasteiger partial charge in [-0.2, -0.15) is 8.78 Å². The molecule has 0 aromatic rings. The highest BCUT2D eigenvalue weighted by Crippen LogP contribution is 2.37. The molecule has 0 saturated heterocycles. The lowest BCUT2D eigenvalue weighted by molar-refractivity contribution is -0.173. The number of alkyl halides is 3. The van der Waals surface area contributed by atoms with Crippen LogP contribution < -0.4 is 0 Å². The molecule has 0 heterocycles. The van der Waals surface area contributed by atoms with E-state index in [1.165, 1.54) is 19.8 Å². The normalized spacial score (nSPS) is 15.1. The Bertz CT molecular complexity index is 268. The minimum Gasteiger partial charge on any atom is -0.462 e. The lowest BCUT2D eigenvalue weighted by Crippen LogP contribution is -2.37. The van der Waals surface area contributed by atoms with Gasteiger partial charge in [-0.05, 0) is 13.3 Å². The topological polar surface area (TPSA) is 26.3 Å². The summed E-state index contributed by atoms with van der Waals surface area (Å²) in [6.07, 6.45) is 5.76. The molecule has 0 fully saturated rings. The van der Waals surface area contributed by atoms with Gasteiger partial charge in [0.2, 0.25) is 0 Å². The molecule has 19 heavy (non-hydrogen) atoms. The zero-order chi connectivity index (χ0) is 14.9. The monoisotopic (exact) mass is 390 g/mol. The lowest BCUT2D eigenvalue weighted by Gasteiger charge is -2.26. The Kier molecular flexibility index (Phi) is 9.11. The Morgan fingerprint density at radius 3 is 2.26 bits per heavy atom. The molecule has 1 atom stereocenters. The van der Waals surface area contributed by atoms with E-state index < -0.39 is 21.7 Å². The van der Waals surface area contributed by atoms with E-state index in [0.717, 1.165) is 19.3 Å². The number of hydrogen-bond donors (Lipinski definition) is 0. The Morgan fingerprint density at radius 1 is 1.16 bits per heavy atom. The number of esters is 1. The molecule has 0 aliphatic carbocycles. The van der Waals surface area contributed by atoms with Crippen LogP contribution in [-0.2, 0) is 9.53 Å².